The number of allylic oxidation sites excluding steroid dienone is 3. The van der Waals surface area contributed by atoms with Crippen LogP contribution < -0.4 is 0 Å². The Morgan fingerprint density at radius 2 is 1.54 bits per heavy atom. The number of rotatable bonds is 11. The molecule has 0 saturated heterocycles. The summed E-state index contributed by atoms with van der Waals surface area (Å²) in [5.74, 6) is 5.30. The average molecular weight is 551 g/mol. The van der Waals surface area contributed by atoms with Gasteiger partial charge in [-0.05, 0) is 65.6 Å². The van der Waals surface area contributed by atoms with Gasteiger partial charge in [-0.2, -0.15) is 0 Å². The smallest absolute Gasteiger partial charge is 0.328 e. The zero-order valence-electron chi connectivity index (χ0n) is 25.0. The topological polar surface area (TPSA) is 61.8 Å². The summed E-state index contributed by atoms with van der Waals surface area (Å²) < 4.78 is 17.4. The first kappa shape index (κ1) is 32.2. The second-order valence-electron chi connectivity index (χ2n) is 11.1. The molecule has 1 aromatic rings. The number of ether oxygens (including phenoxy) is 2. The van der Waals surface area contributed by atoms with Gasteiger partial charge in [-0.3, -0.25) is 9.59 Å². The fraction of sp³-hybridized carbons (Fsp3) is 0.515. The zero-order valence-corrected chi connectivity index (χ0v) is 26.0. The molecule has 0 amide bonds. The van der Waals surface area contributed by atoms with E-state index < -0.39 is 25.7 Å². The average Bonchev–Trinajstić information content (AvgIpc) is 2.93. The van der Waals surface area contributed by atoms with E-state index in [-0.39, 0.29) is 23.0 Å². The van der Waals surface area contributed by atoms with E-state index >= 15 is 0 Å². The lowest BCUT2D eigenvalue weighted by molar-refractivity contribution is -0.164. The van der Waals surface area contributed by atoms with Gasteiger partial charge in [0.15, 0.2) is 5.41 Å². The fourth-order valence-corrected chi connectivity index (χ4v) is 10.9. The molecule has 0 N–H and O–H groups in total. The molecular weight excluding hydrogens is 504 g/mol. The first-order chi connectivity index (χ1) is 18.5. The third kappa shape index (κ3) is 7.98. The molecule has 0 bridgehead atoms. The molecule has 0 saturated carbocycles. The molecule has 0 aliphatic heterocycles. The van der Waals surface area contributed by atoms with E-state index in [0.717, 1.165) is 36.8 Å². The summed E-state index contributed by atoms with van der Waals surface area (Å²) >= 11 is 0. The first-order valence-electron chi connectivity index (χ1n) is 14.0. The maximum absolute atomic E-state index is 13.4. The summed E-state index contributed by atoms with van der Waals surface area (Å²) in [4.78, 5) is 26.8. The van der Waals surface area contributed by atoms with E-state index in [4.69, 9.17) is 13.9 Å². The Balaban J connectivity index is 2.75. The quantitative estimate of drug-likeness (QED) is 0.0697. The van der Waals surface area contributed by atoms with Gasteiger partial charge in [0.1, 0.15) is 5.76 Å². The number of esters is 2. The minimum absolute atomic E-state index is 0.0741. The molecular formula is C33H46O5Si. The van der Waals surface area contributed by atoms with Gasteiger partial charge < -0.3 is 13.9 Å². The molecule has 39 heavy (non-hydrogen) atoms. The van der Waals surface area contributed by atoms with Gasteiger partial charge >= 0.3 is 11.9 Å². The normalized spacial score (nSPS) is 14.7. The molecule has 1 aliphatic rings. The molecule has 1 aromatic carbocycles. The van der Waals surface area contributed by atoms with E-state index in [9.17, 15) is 9.59 Å². The van der Waals surface area contributed by atoms with Crippen LogP contribution in [0.15, 0.2) is 59.9 Å². The largest absolute Gasteiger partial charge is 0.543 e. The highest BCUT2D eigenvalue weighted by atomic mass is 28.4. The first-order valence-corrected chi connectivity index (χ1v) is 16.2. The van der Waals surface area contributed by atoms with Gasteiger partial charge in [-0.25, -0.2) is 0 Å². The van der Waals surface area contributed by atoms with Gasteiger partial charge in [-0.15, -0.1) is 0 Å². The van der Waals surface area contributed by atoms with Crippen LogP contribution in [-0.2, 0) is 23.5 Å². The lowest BCUT2D eigenvalue weighted by atomic mass is 9.83. The number of carbonyl (C=O) groups excluding carboxylic acids is 2. The van der Waals surface area contributed by atoms with Crippen molar-refractivity contribution in [3.05, 3.63) is 65.5 Å². The predicted octanol–water partition coefficient (Wildman–Crippen LogP) is 8.00. The van der Waals surface area contributed by atoms with Crippen LogP contribution in [0.25, 0.3) is 6.08 Å². The standard InChI is InChI=1S/C33H46O5Si/c1-25(2)39(26(3)4,27(5)6)38-30(22-21-29-18-13-10-14-19-29)24-33(31(34)36-7,32(35)37-8)23-15-20-28-16-11-9-12-17-28/h10,13-14,16,18-19,21-22,24-27H,9,11-12,17,23H2,1-8H3/b22-21+,30-24-. The number of benzene rings is 1. The zero-order chi connectivity index (χ0) is 29.1. The Labute approximate surface area is 236 Å². The van der Waals surface area contributed by atoms with Crippen molar-refractivity contribution in [2.75, 3.05) is 14.2 Å². The van der Waals surface area contributed by atoms with Crippen molar-refractivity contribution in [1.29, 1.82) is 0 Å². The van der Waals surface area contributed by atoms with E-state index in [1.165, 1.54) is 14.2 Å². The van der Waals surface area contributed by atoms with Crippen LogP contribution in [0.2, 0.25) is 16.6 Å². The van der Waals surface area contributed by atoms with Crippen LogP contribution in [0.4, 0.5) is 0 Å². The van der Waals surface area contributed by atoms with Crippen LogP contribution in [0.5, 0.6) is 0 Å². The molecule has 0 aromatic heterocycles. The number of hydrogen-bond donors (Lipinski definition) is 0. The van der Waals surface area contributed by atoms with Crippen LogP contribution in [0.3, 0.4) is 0 Å². The second kappa shape index (κ2) is 14.9. The highest BCUT2D eigenvalue weighted by Gasteiger charge is 2.50. The maximum Gasteiger partial charge on any atom is 0.328 e. The van der Waals surface area contributed by atoms with Crippen molar-refractivity contribution in [1.82, 2.24) is 0 Å². The van der Waals surface area contributed by atoms with Crippen LogP contribution in [0, 0.1) is 17.3 Å². The number of carbonyl (C=O) groups is 2. The minimum atomic E-state index is -2.45. The Hall–Kier alpha value is -3.04. The fourth-order valence-electron chi connectivity index (χ4n) is 5.66. The number of methoxy groups -OCH3 is 2. The van der Waals surface area contributed by atoms with Crippen molar-refractivity contribution >= 4 is 26.3 Å². The predicted molar refractivity (Wildman–Crippen MR) is 161 cm³/mol. The molecule has 212 valence electrons. The Morgan fingerprint density at radius 3 is 2.03 bits per heavy atom. The number of hydrogen-bond acceptors (Lipinski definition) is 5. The van der Waals surface area contributed by atoms with E-state index in [1.807, 2.05) is 42.5 Å². The molecule has 5 nitrogen and oxygen atoms in total. The van der Waals surface area contributed by atoms with Gasteiger partial charge in [0, 0.05) is 6.42 Å². The summed E-state index contributed by atoms with van der Waals surface area (Å²) in [5, 5.41) is 0. The summed E-state index contributed by atoms with van der Waals surface area (Å²) in [6.07, 6.45) is 11.6. The highest BCUT2D eigenvalue weighted by molar-refractivity contribution is 6.77. The molecule has 2 rings (SSSR count). The van der Waals surface area contributed by atoms with E-state index in [0.29, 0.717) is 5.76 Å². The molecule has 0 spiro atoms. The van der Waals surface area contributed by atoms with Crippen molar-refractivity contribution in [3.63, 3.8) is 0 Å². The lowest BCUT2D eigenvalue weighted by Gasteiger charge is -2.43. The molecule has 6 heteroatoms. The van der Waals surface area contributed by atoms with E-state index in [1.54, 1.807) is 6.08 Å². The van der Waals surface area contributed by atoms with Crippen LogP contribution in [0.1, 0.15) is 79.2 Å². The third-order valence-electron chi connectivity index (χ3n) is 7.64. The van der Waals surface area contributed by atoms with Crippen LogP contribution in [-0.4, -0.2) is 34.5 Å². The second-order valence-corrected chi connectivity index (χ2v) is 16.5. The summed E-state index contributed by atoms with van der Waals surface area (Å²) in [6, 6.07) is 9.86. The molecule has 0 heterocycles. The van der Waals surface area contributed by atoms with Gasteiger partial charge in [-0.1, -0.05) is 95.9 Å². The molecule has 1 aliphatic carbocycles. The monoisotopic (exact) mass is 550 g/mol. The summed E-state index contributed by atoms with van der Waals surface area (Å²) in [5.41, 5.74) is 1.11. The SMILES string of the molecule is COC(=O)C(/C=C(/C=C/c1ccccc1)O[Si](C(C)C)(C(C)C)C(C)C)(CC#CC1=CCCCC1)C(=O)OC. The molecule has 0 fully saturated rings. The minimum Gasteiger partial charge on any atom is -0.543 e. The van der Waals surface area contributed by atoms with Crippen molar-refractivity contribution in [2.24, 2.45) is 5.41 Å². The summed E-state index contributed by atoms with van der Waals surface area (Å²) in [6.45, 7) is 13.2. The lowest BCUT2D eigenvalue weighted by Crippen LogP contribution is -2.48. The third-order valence-corrected chi connectivity index (χ3v) is 13.6. The maximum atomic E-state index is 13.4. The van der Waals surface area contributed by atoms with Crippen molar-refractivity contribution < 1.29 is 23.5 Å². The highest BCUT2D eigenvalue weighted by Crippen LogP contribution is 2.44. The van der Waals surface area contributed by atoms with Gasteiger partial charge in [0.25, 0.3) is 8.32 Å². The van der Waals surface area contributed by atoms with Gasteiger partial charge in [0.2, 0.25) is 0 Å². The van der Waals surface area contributed by atoms with Crippen molar-refractivity contribution in [3.8, 4) is 11.8 Å². The van der Waals surface area contributed by atoms with Crippen LogP contribution >= 0.6 is 0 Å². The molecule has 0 unspecified atom stereocenters. The van der Waals surface area contributed by atoms with E-state index in [2.05, 4.69) is 59.5 Å². The summed E-state index contributed by atoms with van der Waals surface area (Å²) in [7, 11) is 0.111. The Morgan fingerprint density at radius 1 is 0.949 bits per heavy atom. The molecule has 0 radical (unpaired) electrons. The van der Waals surface area contributed by atoms with Crippen molar-refractivity contribution in [2.45, 2.75) is 90.3 Å². The Kier molecular flexibility index (Phi) is 12.3. The molecule has 0 atom stereocenters. The Bertz CT molecular complexity index is 1080. The van der Waals surface area contributed by atoms with Gasteiger partial charge in [0.05, 0.1) is 14.2 Å².